The zero-order valence-electron chi connectivity index (χ0n) is 31.2. The zero-order chi connectivity index (χ0) is 38.2. The van der Waals surface area contributed by atoms with Crippen LogP contribution in [0.4, 0.5) is 0 Å². The van der Waals surface area contributed by atoms with Gasteiger partial charge >= 0.3 is 0 Å². The molecule has 272 valence electrons. The first kappa shape index (κ1) is 32.5. The molecule has 11 aromatic rings. The molecule has 12 rings (SSSR count). The predicted octanol–water partition coefficient (Wildman–Crippen LogP) is 13.6. The van der Waals surface area contributed by atoms with Crippen LogP contribution in [0.1, 0.15) is 22.9 Å². The number of rotatable bonds is 5. The highest BCUT2D eigenvalue weighted by Gasteiger charge is 2.24. The van der Waals surface area contributed by atoms with E-state index >= 15 is 0 Å². The third-order valence-electron chi connectivity index (χ3n) is 11.5. The summed E-state index contributed by atoms with van der Waals surface area (Å²) in [6.45, 7) is 0. The SMILES string of the molecule is c1ccc(-c2cc(-c3ccc(C4=NC(c5cccc6c5oc5ccccc56)=NC(c5ccc6ccc7ccccc7c6c5)N4)cc3)c3c(c2)oc2ccccc23)cc1. The van der Waals surface area contributed by atoms with E-state index in [1.54, 1.807) is 0 Å². The van der Waals surface area contributed by atoms with E-state index in [-0.39, 0.29) is 0 Å². The summed E-state index contributed by atoms with van der Waals surface area (Å²) in [5, 5.41) is 12.9. The van der Waals surface area contributed by atoms with Gasteiger partial charge in [-0.2, -0.15) is 0 Å². The molecule has 1 N–H and O–H groups in total. The fourth-order valence-corrected chi connectivity index (χ4v) is 8.69. The van der Waals surface area contributed by atoms with E-state index in [1.807, 2.05) is 36.4 Å². The van der Waals surface area contributed by atoms with Gasteiger partial charge in [0.2, 0.25) is 0 Å². The van der Waals surface area contributed by atoms with Crippen LogP contribution >= 0.6 is 0 Å². The fourth-order valence-electron chi connectivity index (χ4n) is 8.69. The second-order valence-corrected chi connectivity index (χ2v) is 14.9. The van der Waals surface area contributed by atoms with Gasteiger partial charge in [-0.25, -0.2) is 9.98 Å². The lowest BCUT2D eigenvalue weighted by Gasteiger charge is -2.24. The third-order valence-corrected chi connectivity index (χ3v) is 11.5. The number of fused-ring (bicyclic) bond motifs is 9. The molecule has 0 saturated carbocycles. The van der Waals surface area contributed by atoms with Gasteiger partial charge in [-0.05, 0) is 85.8 Å². The minimum atomic E-state index is -0.398. The van der Waals surface area contributed by atoms with Gasteiger partial charge in [-0.1, -0.05) is 152 Å². The van der Waals surface area contributed by atoms with Crippen LogP contribution in [0.5, 0.6) is 0 Å². The number of para-hydroxylation sites is 3. The lowest BCUT2D eigenvalue weighted by atomic mass is 9.94. The first-order valence-corrected chi connectivity index (χ1v) is 19.6. The van der Waals surface area contributed by atoms with Gasteiger partial charge in [0.15, 0.2) is 5.84 Å². The van der Waals surface area contributed by atoms with E-state index in [4.69, 9.17) is 18.8 Å². The Morgan fingerprint density at radius 1 is 0.414 bits per heavy atom. The second kappa shape index (κ2) is 12.9. The summed E-state index contributed by atoms with van der Waals surface area (Å²) in [5.41, 5.74) is 10.7. The molecule has 0 fully saturated rings. The number of furan rings is 2. The molecule has 0 amide bonds. The number of hydrogen-bond acceptors (Lipinski definition) is 5. The van der Waals surface area contributed by atoms with E-state index in [1.165, 1.54) is 21.5 Å². The van der Waals surface area contributed by atoms with Crippen LogP contribution in [0.15, 0.2) is 207 Å². The average molecular weight is 744 g/mol. The maximum Gasteiger partial charge on any atom is 0.163 e. The van der Waals surface area contributed by atoms with Crippen molar-refractivity contribution in [1.29, 1.82) is 0 Å². The van der Waals surface area contributed by atoms with Crippen LogP contribution in [0.25, 0.3) is 87.7 Å². The molecule has 0 spiro atoms. The summed E-state index contributed by atoms with van der Waals surface area (Å²) in [7, 11) is 0. The summed E-state index contributed by atoms with van der Waals surface area (Å²) in [5.74, 6) is 1.36. The van der Waals surface area contributed by atoms with Gasteiger partial charge in [-0.15, -0.1) is 0 Å². The minimum absolute atomic E-state index is 0.398. The Morgan fingerprint density at radius 3 is 1.93 bits per heavy atom. The molecule has 58 heavy (non-hydrogen) atoms. The van der Waals surface area contributed by atoms with Crippen molar-refractivity contribution in [1.82, 2.24) is 5.32 Å². The molecule has 1 aliphatic rings. The monoisotopic (exact) mass is 743 g/mol. The molecule has 0 bridgehead atoms. The number of amidine groups is 2. The molecule has 1 aliphatic heterocycles. The first-order chi connectivity index (χ1) is 28.7. The van der Waals surface area contributed by atoms with Crippen LogP contribution in [-0.2, 0) is 0 Å². The Balaban J connectivity index is 1.01. The summed E-state index contributed by atoms with van der Waals surface area (Å²) >= 11 is 0. The largest absolute Gasteiger partial charge is 0.456 e. The van der Waals surface area contributed by atoms with Gasteiger partial charge in [-0.3, -0.25) is 0 Å². The number of hydrogen-bond donors (Lipinski definition) is 1. The van der Waals surface area contributed by atoms with Crippen LogP contribution in [0.3, 0.4) is 0 Å². The Labute approximate surface area is 333 Å². The standard InChI is InChI=1S/C53H33N3O2/c1-2-11-32(12-3-1)38-30-45(49-42-16-7-9-20-47(42)57-48(49)31-38)35-23-26-36(27-24-35)51-54-52(37-28-25-34-22-21-33-13-4-5-14-39(33)44(34)29-37)56-53(55-51)43-18-10-17-41-40-15-6-8-19-46(40)58-50(41)43/h1-31,52H,(H,54,55,56). The number of nitrogens with one attached hydrogen (secondary N) is 1. The van der Waals surface area contributed by atoms with Crippen molar-refractivity contribution >= 4 is 77.1 Å². The number of aliphatic imine (C=N–C) groups is 2. The molecule has 5 nitrogen and oxygen atoms in total. The van der Waals surface area contributed by atoms with Gasteiger partial charge in [0.25, 0.3) is 0 Å². The van der Waals surface area contributed by atoms with E-state index in [0.717, 1.165) is 88.7 Å². The van der Waals surface area contributed by atoms with Crippen LogP contribution < -0.4 is 5.32 Å². The average Bonchev–Trinajstić information content (AvgIpc) is 3.87. The smallest absolute Gasteiger partial charge is 0.163 e. The molecule has 1 unspecified atom stereocenters. The summed E-state index contributed by atoms with van der Waals surface area (Å²) in [6, 6.07) is 65.8. The van der Waals surface area contributed by atoms with E-state index in [2.05, 4.69) is 157 Å². The Bertz CT molecular complexity index is 3480. The van der Waals surface area contributed by atoms with Crippen molar-refractivity contribution in [2.45, 2.75) is 6.17 Å². The molecular weight excluding hydrogens is 711 g/mol. The normalized spacial score (nSPS) is 14.4. The Hall–Kier alpha value is -7.76. The summed E-state index contributed by atoms with van der Waals surface area (Å²) < 4.78 is 13.0. The quantitative estimate of drug-likeness (QED) is 0.179. The highest BCUT2D eigenvalue weighted by molar-refractivity contribution is 6.20. The molecule has 0 radical (unpaired) electrons. The molecule has 0 aliphatic carbocycles. The van der Waals surface area contributed by atoms with Crippen molar-refractivity contribution in [3.8, 4) is 22.3 Å². The molecule has 5 heteroatoms. The van der Waals surface area contributed by atoms with Gasteiger partial charge in [0.05, 0.1) is 5.56 Å². The van der Waals surface area contributed by atoms with Crippen LogP contribution in [0, 0.1) is 0 Å². The van der Waals surface area contributed by atoms with Crippen molar-refractivity contribution in [2.24, 2.45) is 9.98 Å². The minimum Gasteiger partial charge on any atom is -0.456 e. The van der Waals surface area contributed by atoms with Crippen molar-refractivity contribution < 1.29 is 8.83 Å². The first-order valence-electron chi connectivity index (χ1n) is 19.6. The third kappa shape index (κ3) is 5.25. The topological polar surface area (TPSA) is 63.0 Å². The highest BCUT2D eigenvalue weighted by Crippen LogP contribution is 2.40. The summed E-state index contributed by atoms with van der Waals surface area (Å²) in [6.07, 6.45) is -0.398. The fraction of sp³-hybridized carbons (Fsp3) is 0.0189. The van der Waals surface area contributed by atoms with Crippen LogP contribution in [0.2, 0.25) is 0 Å². The second-order valence-electron chi connectivity index (χ2n) is 14.9. The number of benzene rings is 9. The van der Waals surface area contributed by atoms with E-state index in [9.17, 15) is 0 Å². The molecule has 2 aromatic heterocycles. The molecule has 3 heterocycles. The van der Waals surface area contributed by atoms with E-state index < -0.39 is 6.17 Å². The molecular formula is C53H33N3O2. The van der Waals surface area contributed by atoms with Gasteiger partial charge < -0.3 is 14.2 Å². The number of nitrogens with zero attached hydrogens (tertiary/aromatic N) is 2. The molecule has 9 aromatic carbocycles. The highest BCUT2D eigenvalue weighted by atomic mass is 16.3. The maximum absolute atomic E-state index is 6.51. The Kier molecular flexibility index (Phi) is 7.23. The lowest BCUT2D eigenvalue weighted by Crippen LogP contribution is -2.33. The molecule has 1 atom stereocenters. The predicted molar refractivity (Wildman–Crippen MR) is 239 cm³/mol. The van der Waals surface area contributed by atoms with Gasteiger partial charge in [0.1, 0.15) is 34.3 Å². The van der Waals surface area contributed by atoms with Gasteiger partial charge in [0, 0.05) is 27.1 Å². The van der Waals surface area contributed by atoms with Crippen molar-refractivity contribution in [3.63, 3.8) is 0 Å². The molecule has 0 saturated heterocycles. The van der Waals surface area contributed by atoms with Crippen LogP contribution in [-0.4, -0.2) is 11.7 Å². The summed E-state index contributed by atoms with van der Waals surface area (Å²) in [4.78, 5) is 10.6. The maximum atomic E-state index is 6.51. The lowest BCUT2D eigenvalue weighted by molar-refractivity contribution is 0.663. The zero-order valence-corrected chi connectivity index (χ0v) is 31.2. The van der Waals surface area contributed by atoms with E-state index in [0.29, 0.717) is 5.84 Å². The van der Waals surface area contributed by atoms with Crippen molar-refractivity contribution in [3.05, 3.63) is 205 Å². The Morgan fingerprint density at radius 2 is 1.09 bits per heavy atom. The van der Waals surface area contributed by atoms with Crippen molar-refractivity contribution in [2.75, 3.05) is 0 Å².